The molecule has 27 heavy (non-hydrogen) atoms. The molecule has 2 aromatic heterocycles. The minimum absolute atomic E-state index is 0.278. The third kappa shape index (κ3) is 3.12. The van der Waals surface area contributed by atoms with Crippen LogP contribution < -0.4 is 4.74 Å². The van der Waals surface area contributed by atoms with Crippen LogP contribution in [0.5, 0.6) is 5.75 Å². The maximum absolute atomic E-state index is 13.8. The van der Waals surface area contributed by atoms with Crippen LogP contribution in [0.4, 0.5) is 4.39 Å². The molecule has 2 heterocycles. The van der Waals surface area contributed by atoms with Gasteiger partial charge in [0.25, 0.3) is 0 Å². The Morgan fingerprint density at radius 3 is 2.59 bits per heavy atom. The molecular weight excluding hydrogens is 341 g/mol. The number of nitrogens with zero attached hydrogens (tertiary/aromatic N) is 2. The molecule has 0 fully saturated rings. The first-order chi connectivity index (χ1) is 13.1. The summed E-state index contributed by atoms with van der Waals surface area (Å²) in [6.07, 6.45) is 3.58. The van der Waals surface area contributed by atoms with Gasteiger partial charge in [-0.15, -0.1) is 0 Å². The van der Waals surface area contributed by atoms with E-state index in [1.807, 2.05) is 54.9 Å². The van der Waals surface area contributed by atoms with Crippen molar-refractivity contribution < 1.29 is 9.13 Å². The standard InChI is InChI=1S/C22H20FN3O/c1-14-4-6-16(23)12-19(14)22-24-10-11-26(22)17-7-8-18(21(13-17)27-3)20-9-5-15(2)25-20/h4-13,25H,1-3H3. The summed E-state index contributed by atoms with van der Waals surface area (Å²) in [6.45, 7) is 3.97. The maximum Gasteiger partial charge on any atom is 0.144 e. The molecule has 0 saturated carbocycles. The van der Waals surface area contributed by atoms with E-state index >= 15 is 0 Å². The van der Waals surface area contributed by atoms with Crippen molar-refractivity contribution in [2.75, 3.05) is 7.11 Å². The molecule has 0 atom stereocenters. The number of rotatable bonds is 4. The molecule has 4 nitrogen and oxygen atoms in total. The quantitative estimate of drug-likeness (QED) is 0.536. The number of hydrogen-bond donors (Lipinski definition) is 1. The lowest BCUT2D eigenvalue weighted by Gasteiger charge is -2.13. The van der Waals surface area contributed by atoms with Gasteiger partial charge in [0, 0.05) is 41.0 Å². The number of halogens is 1. The zero-order valence-electron chi connectivity index (χ0n) is 15.5. The number of aromatic nitrogens is 3. The van der Waals surface area contributed by atoms with Gasteiger partial charge in [-0.1, -0.05) is 6.07 Å². The average molecular weight is 361 g/mol. The van der Waals surface area contributed by atoms with Crippen LogP contribution in [0.25, 0.3) is 28.3 Å². The van der Waals surface area contributed by atoms with Gasteiger partial charge >= 0.3 is 0 Å². The molecule has 0 bridgehead atoms. The van der Waals surface area contributed by atoms with Crippen LogP contribution in [0, 0.1) is 19.7 Å². The largest absolute Gasteiger partial charge is 0.496 e. The van der Waals surface area contributed by atoms with Crippen LogP contribution >= 0.6 is 0 Å². The number of aryl methyl sites for hydroxylation is 2. The van der Waals surface area contributed by atoms with Crippen molar-refractivity contribution in [2.24, 2.45) is 0 Å². The van der Waals surface area contributed by atoms with Crippen molar-refractivity contribution in [3.05, 3.63) is 78.0 Å². The van der Waals surface area contributed by atoms with Gasteiger partial charge in [0.05, 0.1) is 12.8 Å². The summed E-state index contributed by atoms with van der Waals surface area (Å²) in [5, 5.41) is 0. The molecule has 1 N–H and O–H groups in total. The Morgan fingerprint density at radius 2 is 1.85 bits per heavy atom. The van der Waals surface area contributed by atoms with Gasteiger partial charge in [0.1, 0.15) is 17.4 Å². The molecular formula is C22H20FN3O. The molecule has 2 aromatic carbocycles. The Morgan fingerprint density at radius 1 is 1.00 bits per heavy atom. The number of benzene rings is 2. The molecule has 0 aliphatic heterocycles. The lowest BCUT2D eigenvalue weighted by molar-refractivity contribution is 0.416. The van der Waals surface area contributed by atoms with Gasteiger partial charge in [-0.25, -0.2) is 9.37 Å². The molecule has 0 aliphatic rings. The zero-order chi connectivity index (χ0) is 19.0. The third-order valence-electron chi connectivity index (χ3n) is 4.67. The Hall–Kier alpha value is -3.34. The minimum Gasteiger partial charge on any atom is -0.496 e. The lowest BCUT2D eigenvalue weighted by atomic mass is 10.1. The van der Waals surface area contributed by atoms with Gasteiger partial charge in [-0.05, 0) is 55.8 Å². The van der Waals surface area contributed by atoms with E-state index in [0.717, 1.165) is 39.5 Å². The van der Waals surface area contributed by atoms with Crippen LogP contribution in [0.2, 0.25) is 0 Å². The van der Waals surface area contributed by atoms with Crippen LogP contribution in [0.3, 0.4) is 0 Å². The summed E-state index contributed by atoms with van der Waals surface area (Å²) >= 11 is 0. The van der Waals surface area contributed by atoms with E-state index in [2.05, 4.69) is 9.97 Å². The fourth-order valence-electron chi connectivity index (χ4n) is 3.26. The number of aromatic amines is 1. The SMILES string of the molecule is COc1cc(-n2ccnc2-c2cc(F)ccc2C)ccc1-c1ccc(C)[nH]1. The van der Waals surface area contributed by atoms with E-state index in [0.29, 0.717) is 5.82 Å². The number of H-pyrrole nitrogens is 1. The lowest BCUT2D eigenvalue weighted by Crippen LogP contribution is -1.99. The van der Waals surface area contributed by atoms with E-state index < -0.39 is 0 Å². The van der Waals surface area contributed by atoms with Crippen LogP contribution in [-0.2, 0) is 0 Å². The summed E-state index contributed by atoms with van der Waals surface area (Å²) in [6, 6.07) is 14.8. The van der Waals surface area contributed by atoms with E-state index in [9.17, 15) is 4.39 Å². The van der Waals surface area contributed by atoms with Crippen molar-refractivity contribution >= 4 is 0 Å². The second kappa shape index (κ2) is 6.76. The summed E-state index contributed by atoms with van der Waals surface area (Å²) < 4.78 is 21.3. The van der Waals surface area contributed by atoms with Crippen molar-refractivity contribution in [2.45, 2.75) is 13.8 Å². The molecule has 0 amide bonds. The van der Waals surface area contributed by atoms with Crippen LogP contribution in [-0.4, -0.2) is 21.6 Å². The van der Waals surface area contributed by atoms with Crippen molar-refractivity contribution in [3.63, 3.8) is 0 Å². The fraction of sp³-hybridized carbons (Fsp3) is 0.136. The number of imidazole rings is 1. The maximum atomic E-state index is 13.8. The summed E-state index contributed by atoms with van der Waals surface area (Å²) in [7, 11) is 1.66. The van der Waals surface area contributed by atoms with Gasteiger partial charge < -0.3 is 9.72 Å². The molecule has 0 saturated heterocycles. The first-order valence-electron chi connectivity index (χ1n) is 8.71. The first kappa shape index (κ1) is 17.1. The smallest absolute Gasteiger partial charge is 0.144 e. The van der Waals surface area contributed by atoms with Crippen molar-refractivity contribution in [1.29, 1.82) is 0 Å². The monoisotopic (exact) mass is 361 g/mol. The molecule has 0 aliphatic carbocycles. The van der Waals surface area contributed by atoms with E-state index in [1.165, 1.54) is 12.1 Å². The second-order valence-corrected chi connectivity index (χ2v) is 6.52. The molecule has 5 heteroatoms. The van der Waals surface area contributed by atoms with Gasteiger partial charge in [-0.2, -0.15) is 0 Å². The van der Waals surface area contributed by atoms with Crippen LogP contribution in [0.1, 0.15) is 11.3 Å². The van der Waals surface area contributed by atoms with E-state index in [4.69, 9.17) is 4.74 Å². The Bertz CT molecular complexity index is 1110. The molecule has 4 rings (SSSR count). The highest BCUT2D eigenvalue weighted by molar-refractivity contribution is 5.71. The highest BCUT2D eigenvalue weighted by Gasteiger charge is 2.14. The average Bonchev–Trinajstić information content (AvgIpc) is 3.32. The third-order valence-corrected chi connectivity index (χ3v) is 4.67. The van der Waals surface area contributed by atoms with Gasteiger partial charge in [-0.3, -0.25) is 4.57 Å². The topological polar surface area (TPSA) is 42.8 Å². The van der Waals surface area contributed by atoms with E-state index in [1.54, 1.807) is 19.4 Å². The predicted molar refractivity (Wildman–Crippen MR) is 105 cm³/mol. The summed E-state index contributed by atoms with van der Waals surface area (Å²) in [5.74, 6) is 1.17. The number of methoxy groups -OCH3 is 1. The molecule has 0 spiro atoms. The number of ether oxygens (including phenoxy) is 1. The van der Waals surface area contributed by atoms with Gasteiger partial charge in [0.15, 0.2) is 0 Å². The molecule has 136 valence electrons. The highest BCUT2D eigenvalue weighted by atomic mass is 19.1. The molecule has 4 aromatic rings. The highest BCUT2D eigenvalue weighted by Crippen LogP contribution is 2.33. The summed E-state index contributed by atoms with van der Waals surface area (Å²) in [4.78, 5) is 7.78. The normalized spacial score (nSPS) is 11.0. The molecule has 0 unspecified atom stereocenters. The predicted octanol–water partition coefficient (Wildman–Crippen LogP) is 5.30. The fourth-order valence-corrected chi connectivity index (χ4v) is 3.26. The Balaban J connectivity index is 1.82. The van der Waals surface area contributed by atoms with Crippen molar-refractivity contribution in [3.8, 4) is 34.1 Å². The van der Waals surface area contributed by atoms with Gasteiger partial charge in [0.2, 0.25) is 0 Å². The second-order valence-electron chi connectivity index (χ2n) is 6.52. The first-order valence-corrected chi connectivity index (χ1v) is 8.71. The number of hydrogen-bond acceptors (Lipinski definition) is 2. The summed E-state index contributed by atoms with van der Waals surface area (Å²) in [5.41, 5.74) is 5.71. The minimum atomic E-state index is -0.278. The van der Waals surface area contributed by atoms with E-state index in [-0.39, 0.29) is 5.82 Å². The van der Waals surface area contributed by atoms with Crippen molar-refractivity contribution in [1.82, 2.24) is 14.5 Å². The number of nitrogens with one attached hydrogen (secondary N) is 1. The van der Waals surface area contributed by atoms with Crippen LogP contribution in [0.15, 0.2) is 60.9 Å². The Labute approximate surface area is 157 Å². The molecule has 0 radical (unpaired) electrons. The Kier molecular flexibility index (Phi) is 4.28. The zero-order valence-corrected chi connectivity index (χ0v) is 15.5.